The molecular weight excluding hydrogens is 304 g/mol. The molecule has 1 aromatic carbocycles. The van der Waals surface area contributed by atoms with Crippen molar-refractivity contribution in [2.45, 2.75) is 50.9 Å². The van der Waals surface area contributed by atoms with Crippen molar-refractivity contribution >= 4 is 17.5 Å². The second kappa shape index (κ2) is 5.96. The van der Waals surface area contributed by atoms with Gasteiger partial charge in [0, 0.05) is 17.1 Å². The summed E-state index contributed by atoms with van der Waals surface area (Å²) in [4.78, 5) is 4.43. The number of benzene rings is 1. The first-order valence-corrected chi connectivity index (χ1v) is 8.75. The SMILES string of the molecule is Cc1cc(C)n2c(SCc3ccc(C(C)(C)C)cc3)nnc2n1. The monoisotopic (exact) mass is 326 g/mol. The van der Waals surface area contributed by atoms with Crippen molar-refractivity contribution in [3.8, 4) is 0 Å². The maximum atomic E-state index is 4.43. The molecular formula is C18H22N4S. The topological polar surface area (TPSA) is 43.1 Å². The summed E-state index contributed by atoms with van der Waals surface area (Å²) in [5.74, 6) is 1.55. The Morgan fingerprint density at radius 2 is 1.74 bits per heavy atom. The number of hydrogen-bond donors (Lipinski definition) is 0. The fourth-order valence-electron chi connectivity index (χ4n) is 2.54. The minimum absolute atomic E-state index is 0.190. The number of fused-ring (bicyclic) bond motifs is 1. The lowest BCUT2D eigenvalue weighted by molar-refractivity contribution is 0.590. The van der Waals surface area contributed by atoms with E-state index in [0.29, 0.717) is 5.78 Å². The molecule has 2 aromatic heterocycles. The quantitative estimate of drug-likeness (QED) is 0.672. The molecule has 0 fully saturated rings. The number of thioether (sulfide) groups is 1. The van der Waals surface area contributed by atoms with Crippen LogP contribution in [0.4, 0.5) is 0 Å². The van der Waals surface area contributed by atoms with E-state index in [9.17, 15) is 0 Å². The first kappa shape index (κ1) is 16.0. The molecule has 0 aliphatic carbocycles. The van der Waals surface area contributed by atoms with Crippen molar-refractivity contribution in [3.63, 3.8) is 0 Å². The first-order valence-electron chi connectivity index (χ1n) is 7.76. The fraction of sp³-hybridized carbons (Fsp3) is 0.389. The van der Waals surface area contributed by atoms with Gasteiger partial charge < -0.3 is 0 Å². The highest BCUT2D eigenvalue weighted by Gasteiger charge is 2.13. The van der Waals surface area contributed by atoms with Gasteiger partial charge in [-0.05, 0) is 36.5 Å². The van der Waals surface area contributed by atoms with E-state index in [-0.39, 0.29) is 5.41 Å². The summed E-state index contributed by atoms with van der Waals surface area (Å²) < 4.78 is 2.02. The van der Waals surface area contributed by atoms with E-state index < -0.39 is 0 Å². The number of hydrogen-bond acceptors (Lipinski definition) is 4. The third-order valence-electron chi connectivity index (χ3n) is 3.85. The molecule has 3 aromatic rings. The summed E-state index contributed by atoms with van der Waals surface area (Å²) in [5, 5.41) is 9.36. The van der Waals surface area contributed by atoms with Crippen molar-refractivity contribution in [1.29, 1.82) is 0 Å². The van der Waals surface area contributed by atoms with Crippen LogP contribution < -0.4 is 0 Å². The van der Waals surface area contributed by atoms with Crippen LogP contribution in [0.5, 0.6) is 0 Å². The van der Waals surface area contributed by atoms with E-state index in [2.05, 4.69) is 73.2 Å². The Morgan fingerprint density at radius 3 is 2.39 bits per heavy atom. The molecule has 4 nitrogen and oxygen atoms in total. The molecule has 120 valence electrons. The Morgan fingerprint density at radius 1 is 1.04 bits per heavy atom. The zero-order valence-electron chi connectivity index (χ0n) is 14.3. The first-order chi connectivity index (χ1) is 10.8. The average molecular weight is 326 g/mol. The zero-order chi connectivity index (χ0) is 16.6. The van der Waals surface area contributed by atoms with Crippen LogP contribution in [0.1, 0.15) is 43.3 Å². The van der Waals surface area contributed by atoms with Gasteiger partial charge in [-0.15, -0.1) is 10.2 Å². The second-order valence-corrected chi connectivity index (χ2v) is 7.83. The van der Waals surface area contributed by atoms with E-state index in [1.165, 1.54) is 11.1 Å². The Bertz CT molecular complexity index is 829. The molecule has 0 N–H and O–H groups in total. The number of rotatable bonds is 3. The molecule has 3 rings (SSSR count). The average Bonchev–Trinajstić information content (AvgIpc) is 2.88. The molecule has 0 bridgehead atoms. The number of aromatic nitrogens is 4. The van der Waals surface area contributed by atoms with Gasteiger partial charge in [0.2, 0.25) is 0 Å². The maximum Gasteiger partial charge on any atom is 0.256 e. The normalized spacial score (nSPS) is 12.0. The zero-order valence-corrected chi connectivity index (χ0v) is 15.1. The van der Waals surface area contributed by atoms with Gasteiger partial charge in [-0.2, -0.15) is 0 Å². The van der Waals surface area contributed by atoms with Crippen molar-refractivity contribution in [2.75, 3.05) is 0 Å². The van der Waals surface area contributed by atoms with Crippen molar-refractivity contribution in [1.82, 2.24) is 19.6 Å². The highest BCUT2D eigenvalue weighted by Crippen LogP contribution is 2.26. The molecule has 0 aliphatic heterocycles. The highest BCUT2D eigenvalue weighted by atomic mass is 32.2. The van der Waals surface area contributed by atoms with E-state index in [1.54, 1.807) is 11.8 Å². The van der Waals surface area contributed by atoms with Crippen LogP contribution in [-0.2, 0) is 11.2 Å². The minimum atomic E-state index is 0.190. The van der Waals surface area contributed by atoms with Gasteiger partial charge in [0.05, 0.1) is 0 Å². The van der Waals surface area contributed by atoms with Crippen LogP contribution in [0.3, 0.4) is 0 Å². The fourth-order valence-corrected chi connectivity index (χ4v) is 3.48. The van der Waals surface area contributed by atoms with Crippen molar-refractivity contribution < 1.29 is 0 Å². The third-order valence-corrected chi connectivity index (χ3v) is 4.85. The Kier molecular flexibility index (Phi) is 4.15. The van der Waals surface area contributed by atoms with E-state index >= 15 is 0 Å². The Labute approximate surface area is 141 Å². The Balaban J connectivity index is 1.79. The van der Waals surface area contributed by atoms with Crippen LogP contribution in [0.15, 0.2) is 35.5 Å². The Hall–Kier alpha value is -1.88. The standard InChI is InChI=1S/C18H22N4S/c1-12-10-13(2)22-16(19-12)20-21-17(22)23-11-14-6-8-15(9-7-14)18(3,4)5/h6-10H,11H2,1-5H3. The summed E-state index contributed by atoms with van der Waals surface area (Å²) in [7, 11) is 0. The summed E-state index contributed by atoms with van der Waals surface area (Å²) in [5.41, 5.74) is 4.92. The third kappa shape index (κ3) is 3.39. The summed E-state index contributed by atoms with van der Waals surface area (Å²) in [6.07, 6.45) is 0. The van der Waals surface area contributed by atoms with Gasteiger partial charge >= 0.3 is 0 Å². The number of nitrogens with zero attached hydrogens (tertiary/aromatic N) is 4. The van der Waals surface area contributed by atoms with Crippen LogP contribution in [-0.4, -0.2) is 19.6 Å². The lowest BCUT2D eigenvalue weighted by Gasteiger charge is -2.19. The predicted molar refractivity (Wildman–Crippen MR) is 95.0 cm³/mol. The summed E-state index contributed by atoms with van der Waals surface area (Å²) in [6.45, 7) is 10.7. The minimum Gasteiger partial charge on any atom is -0.259 e. The summed E-state index contributed by atoms with van der Waals surface area (Å²) >= 11 is 1.69. The molecule has 0 saturated carbocycles. The molecule has 5 heteroatoms. The molecule has 0 unspecified atom stereocenters. The summed E-state index contributed by atoms with van der Waals surface area (Å²) in [6, 6.07) is 10.9. The van der Waals surface area contributed by atoms with Gasteiger partial charge in [-0.3, -0.25) is 4.40 Å². The van der Waals surface area contributed by atoms with Gasteiger partial charge in [0.1, 0.15) is 0 Å². The predicted octanol–water partition coefficient (Wildman–Crippen LogP) is 4.33. The molecule has 0 atom stereocenters. The highest BCUT2D eigenvalue weighted by molar-refractivity contribution is 7.98. The van der Waals surface area contributed by atoms with E-state index in [4.69, 9.17) is 0 Å². The van der Waals surface area contributed by atoms with Gasteiger partial charge in [-0.1, -0.05) is 56.8 Å². The van der Waals surface area contributed by atoms with Crippen LogP contribution in [0.2, 0.25) is 0 Å². The second-order valence-electron chi connectivity index (χ2n) is 6.89. The van der Waals surface area contributed by atoms with Gasteiger partial charge in [0.25, 0.3) is 5.78 Å². The number of aryl methyl sites for hydroxylation is 2. The molecule has 0 spiro atoms. The molecule has 23 heavy (non-hydrogen) atoms. The van der Waals surface area contributed by atoms with Crippen LogP contribution >= 0.6 is 11.8 Å². The van der Waals surface area contributed by atoms with Crippen LogP contribution in [0.25, 0.3) is 5.78 Å². The lowest BCUT2D eigenvalue weighted by Crippen LogP contribution is -2.10. The van der Waals surface area contributed by atoms with E-state index in [1.807, 2.05) is 11.3 Å². The van der Waals surface area contributed by atoms with Gasteiger partial charge in [0.15, 0.2) is 5.16 Å². The van der Waals surface area contributed by atoms with E-state index in [0.717, 1.165) is 22.3 Å². The molecule has 0 radical (unpaired) electrons. The van der Waals surface area contributed by atoms with Crippen molar-refractivity contribution in [3.05, 3.63) is 52.8 Å². The molecule has 2 heterocycles. The molecule has 0 amide bonds. The smallest absolute Gasteiger partial charge is 0.256 e. The maximum absolute atomic E-state index is 4.43. The molecule has 0 aliphatic rings. The molecule has 0 saturated heterocycles. The van der Waals surface area contributed by atoms with Crippen LogP contribution in [0, 0.1) is 13.8 Å². The largest absolute Gasteiger partial charge is 0.259 e. The van der Waals surface area contributed by atoms with Gasteiger partial charge in [-0.25, -0.2) is 4.98 Å². The lowest BCUT2D eigenvalue weighted by atomic mass is 9.87. The van der Waals surface area contributed by atoms with Crippen molar-refractivity contribution in [2.24, 2.45) is 0 Å².